The first-order valence-corrected chi connectivity index (χ1v) is 15.5. The van der Waals surface area contributed by atoms with Crippen LogP contribution in [0.5, 0.6) is 5.75 Å². The van der Waals surface area contributed by atoms with E-state index in [0.29, 0.717) is 25.2 Å². The highest BCUT2D eigenvalue weighted by Gasteiger charge is 2.36. The molecule has 3 aliphatic heterocycles. The number of carbonyl (C=O) groups excluding carboxylic acids is 1. The van der Waals surface area contributed by atoms with E-state index in [2.05, 4.69) is 54.5 Å². The van der Waals surface area contributed by atoms with E-state index in [0.717, 1.165) is 102 Å². The van der Waals surface area contributed by atoms with Gasteiger partial charge in [-0.1, -0.05) is 19.9 Å². The monoisotopic (exact) mass is 575 g/mol. The van der Waals surface area contributed by atoms with Crippen LogP contribution in [-0.2, 0) is 30.3 Å². The van der Waals surface area contributed by atoms with Gasteiger partial charge in [0, 0.05) is 65.1 Å². The molecule has 9 heteroatoms. The maximum Gasteiger partial charge on any atom is 0.225 e. The first-order chi connectivity index (χ1) is 19.7. The van der Waals surface area contributed by atoms with E-state index < -0.39 is 11.0 Å². The second-order valence-electron chi connectivity index (χ2n) is 13.0. The summed E-state index contributed by atoms with van der Waals surface area (Å²) in [6.45, 7) is 12.9. The number of methoxy groups -OCH3 is 2. The zero-order chi connectivity index (χ0) is 29.3. The fraction of sp³-hybridized carbons (Fsp3) is 0.781. The van der Waals surface area contributed by atoms with Gasteiger partial charge >= 0.3 is 0 Å². The third kappa shape index (κ3) is 9.29. The summed E-state index contributed by atoms with van der Waals surface area (Å²) in [5, 5.41) is 6.86. The number of amides is 1. The molecule has 0 aromatic heterocycles. The minimum Gasteiger partial charge on any atom is -0.481 e. The summed E-state index contributed by atoms with van der Waals surface area (Å²) in [5.41, 5.74) is 1.45. The van der Waals surface area contributed by atoms with Crippen LogP contribution in [0, 0.1) is 11.3 Å². The van der Waals surface area contributed by atoms with E-state index >= 15 is 0 Å². The van der Waals surface area contributed by atoms with Crippen molar-refractivity contribution in [2.24, 2.45) is 11.3 Å². The van der Waals surface area contributed by atoms with Crippen LogP contribution >= 0.6 is 0 Å². The summed E-state index contributed by atoms with van der Waals surface area (Å²) in [6, 6.07) is 6.69. The predicted octanol–water partition coefficient (Wildman–Crippen LogP) is 3.92. The van der Waals surface area contributed by atoms with Gasteiger partial charge < -0.3 is 39.2 Å². The summed E-state index contributed by atoms with van der Waals surface area (Å²) in [5.74, 6) is 1.57. The van der Waals surface area contributed by atoms with Crippen LogP contribution in [0.1, 0.15) is 64.9 Å². The van der Waals surface area contributed by atoms with Crippen LogP contribution in [0.25, 0.3) is 0 Å². The molecule has 1 unspecified atom stereocenters. The van der Waals surface area contributed by atoms with Crippen molar-refractivity contribution in [3.8, 4) is 5.75 Å². The van der Waals surface area contributed by atoms with Gasteiger partial charge in [0.15, 0.2) is 0 Å². The molecule has 0 aliphatic carbocycles. The fourth-order valence-corrected chi connectivity index (χ4v) is 6.31. The molecule has 0 radical (unpaired) electrons. The number of anilines is 1. The highest BCUT2D eigenvalue weighted by atomic mass is 16.5. The van der Waals surface area contributed by atoms with Crippen molar-refractivity contribution in [2.75, 3.05) is 71.7 Å². The first kappa shape index (κ1) is 32.0. The lowest BCUT2D eigenvalue weighted by atomic mass is 9.82. The van der Waals surface area contributed by atoms with Crippen LogP contribution in [0.2, 0.25) is 0 Å². The topological polar surface area (TPSA) is 90.5 Å². The SMILES string of the molecule is COCCCN1C[C@](C)(COC)Oc2ccc(CO[C@@H]3CCC(CC(C)(C)C(=O)NCC4CCOCC4)NC3)cc21. The highest BCUT2D eigenvalue weighted by molar-refractivity contribution is 5.81. The third-order valence-corrected chi connectivity index (χ3v) is 8.69. The van der Waals surface area contributed by atoms with Crippen molar-refractivity contribution < 1.29 is 28.5 Å². The highest BCUT2D eigenvalue weighted by Crippen LogP contribution is 2.38. The molecule has 2 saturated heterocycles. The lowest BCUT2D eigenvalue weighted by Crippen LogP contribution is -2.52. The number of carbonyl (C=O) groups is 1. The van der Waals surface area contributed by atoms with Crippen molar-refractivity contribution in [1.29, 1.82) is 0 Å². The summed E-state index contributed by atoms with van der Waals surface area (Å²) in [6.07, 6.45) is 5.99. The van der Waals surface area contributed by atoms with Crippen molar-refractivity contribution in [3.63, 3.8) is 0 Å². The average molecular weight is 576 g/mol. The third-order valence-electron chi connectivity index (χ3n) is 8.69. The van der Waals surface area contributed by atoms with Gasteiger partial charge in [0.05, 0.1) is 31.5 Å². The Morgan fingerprint density at radius 1 is 1.17 bits per heavy atom. The van der Waals surface area contributed by atoms with Crippen molar-refractivity contribution in [1.82, 2.24) is 10.6 Å². The van der Waals surface area contributed by atoms with Gasteiger partial charge in [-0.15, -0.1) is 0 Å². The lowest BCUT2D eigenvalue weighted by Gasteiger charge is -2.42. The quantitative estimate of drug-likeness (QED) is 0.323. The van der Waals surface area contributed by atoms with E-state index in [9.17, 15) is 4.79 Å². The molecule has 1 aromatic rings. The van der Waals surface area contributed by atoms with Gasteiger partial charge in [0.2, 0.25) is 5.91 Å². The maximum atomic E-state index is 13.0. The predicted molar refractivity (Wildman–Crippen MR) is 161 cm³/mol. The molecule has 9 nitrogen and oxygen atoms in total. The molecular formula is C32H53N3O6. The second kappa shape index (κ2) is 15.0. The van der Waals surface area contributed by atoms with E-state index in [4.69, 9.17) is 23.7 Å². The van der Waals surface area contributed by atoms with Gasteiger partial charge in [0.25, 0.3) is 0 Å². The van der Waals surface area contributed by atoms with Crippen LogP contribution in [0.4, 0.5) is 5.69 Å². The first-order valence-electron chi connectivity index (χ1n) is 15.5. The Kier molecular flexibility index (Phi) is 11.7. The molecule has 3 heterocycles. The van der Waals surface area contributed by atoms with E-state index in [1.54, 1.807) is 14.2 Å². The summed E-state index contributed by atoms with van der Waals surface area (Å²) < 4.78 is 28.9. The van der Waals surface area contributed by atoms with E-state index in [1.807, 2.05) is 0 Å². The Hall–Kier alpha value is -1.91. The van der Waals surface area contributed by atoms with Crippen LogP contribution in [0.3, 0.4) is 0 Å². The number of benzene rings is 1. The molecule has 4 rings (SSSR count). The number of hydrogen-bond donors (Lipinski definition) is 2. The van der Waals surface area contributed by atoms with Crippen LogP contribution in [-0.4, -0.2) is 90.5 Å². The van der Waals surface area contributed by atoms with Gasteiger partial charge in [-0.05, 0) is 69.1 Å². The number of hydrogen-bond acceptors (Lipinski definition) is 8. The normalized spacial score (nSPS) is 25.4. The van der Waals surface area contributed by atoms with Crippen molar-refractivity contribution in [2.45, 2.75) is 83.6 Å². The number of nitrogens with zero attached hydrogens (tertiary/aromatic N) is 1. The molecule has 232 valence electrons. The Morgan fingerprint density at radius 3 is 2.68 bits per heavy atom. The second-order valence-corrected chi connectivity index (χ2v) is 13.0. The zero-order valence-electron chi connectivity index (χ0n) is 26.0. The molecule has 3 atom stereocenters. The lowest BCUT2D eigenvalue weighted by molar-refractivity contribution is -0.130. The summed E-state index contributed by atoms with van der Waals surface area (Å²) >= 11 is 0. The molecule has 0 spiro atoms. The summed E-state index contributed by atoms with van der Waals surface area (Å²) in [7, 11) is 3.46. The Bertz CT molecular complexity index is 961. The molecular weight excluding hydrogens is 522 g/mol. The Labute approximate surface area is 246 Å². The Balaban J connectivity index is 1.24. The molecule has 2 N–H and O–H groups in total. The molecule has 2 fully saturated rings. The molecule has 1 amide bonds. The standard InChI is InChI=1S/C32H53N3O6/c1-31(2,30(36)34-19-24-11-15-39-16-12-24)18-26-8-9-27(20-33-26)40-21-25-7-10-29-28(17-25)35(13-6-14-37-4)22-32(3,41-29)23-38-5/h7,10,17,24,26-27,33H,6,8-9,11-16,18-23H2,1-5H3,(H,34,36)/t26?,27-,32-/m1/s1. The van der Waals surface area contributed by atoms with Gasteiger partial charge in [-0.2, -0.15) is 0 Å². The number of fused-ring (bicyclic) bond motifs is 1. The smallest absolute Gasteiger partial charge is 0.225 e. The van der Waals surface area contributed by atoms with Gasteiger partial charge in [-0.25, -0.2) is 0 Å². The number of ether oxygens (including phenoxy) is 5. The summed E-state index contributed by atoms with van der Waals surface area (Å²) in [4.78, 5) is 15.3. The largest absolute Gasteiger partial charge is 0.481 e. The maximum absolute atomic E-state index is 13.0. The van der Waals surface area contributed by atoms with Gasteiger partial charge in [0.1, 0.15) is 11.4 Å². The number of rotatable bonds is 14. The number of piperidine rings is 1. The van der Waals surface area contributed by atoms with Crippen LogP contribution in [0.15, 0.2) is 18.2 Å². The van der Waals surface area contributed by atoms with E-state index in [-0.39, 0.29) is 12.0 Å². The van der Waals surface area contributed by atoms with E-state index in [1.165, 1.54) is 0 Å². The molecule has 41 heavy (non-hydrogen) atoms. The minimum atomic E-state index is -0.407. The van der Waals surface area contributed by atoms with Crippen molar-refractivity contribution >= 4 is 11.6 Å². The minimum absolute atomic E-state index is 0.152. The molecule has 3 aliphatic rings. The molecule has 0 bridgehead atoms. The number of nitrogens with one attached hydrogen (secondary N) is 2. The van der Waals surface area contributed by atoms with Crippen molar-refractivity contribution in [3.05, 3.63) is 23.8 Å². The average Bonchev–Trinajstić information content (AvgIpc) is 2.96. The zero-order valence-corrected chi connectivity index (χ0v) is 26.0. The molecule has 0 saturated carbocycles. The Morgan fingerprint density at radius 2 is 1.98 bits per heavy atom. The fourth-order valence-electron chi connectivity index (χ4n) is 6.31. The van der Waals surface area contributed by atoms with Crippen LogP contribution < -0.4 is 20.3 Å². The van der Waals surface area contributed by atoms with Gasteiger partial charge in [-0.3, -0.25) is 4.79 Å². The molecule has 1 aromatic carbocycles.